The van der Waals surface area contributed by atoms with E-state index in [9.17, 15) is 19.7 Å². The van der Waals surface area contributed by atoms with E-state index in [4.69, 9.17) is 28.2 Å². The number of amides is 2. The number of rotatable bonds is 4. The van der Waals surface area contributed by atoms with Crippen molar-refractivity contribution < 1.29 is 18.9 Å². The van der Waals surface area contributed by atoms with Gasteiger partial charge in [-0.05, 0) is 60.8 Å². The minimum absolute atomic E-state index is 0.0606. The van der Waals surface area contributed by atoms with Crippen molar-refractivity contribution in [1.82, 2.24) is 5.32 Å². The molecule has 2 aromatic carbocycles. The number of nitro groups is 1. The monoisotopic (exact) mass is 453 g/mol. The quantitative estimate of drug-likeness (QED) is 0.207. The maximum atomic E-state index is 13.0. The summed E-state index contributed by atoms with van der Waals surface area (Å²) in [5, 5.41) is 14.1. The van der Waals surface area contributed by atoms with Gasteiger partial charge < -0.3 is 4.42 Å². The highest BCUT2D eigenvalue weighted by molar-refractivity contribution is 7.80. The van der Waals surface area contributed by atoms with Crippen molar-refractivity contribution in [1.29, 1.82) is 0 Å². The molecule has 154 valence electrons. The van der Waals surface area contributed by atoms with Gasteiger partial charge in [-0.15, -0.1) is 0 Å². The number of hydrogen-bond donors (Lipinski definition) is 1. The summed E-state index contributed by atoms with van der Waals surface area (Å²) in [4.78, 5) is 37.3. The number of nitrogens with one attached hydrogen (secondary N) is 1. The van der Waals surface area contributed by atoms with Crippen molar-refractivity contribution in [3.8, 4) is 11.3 Å². The summed E-state index contributed by atoms with van der Waals surface area (Å²) in [7, 11) is 0. The molecule has 3 aromatic rings. The lowest BCUT2D eigenvalue weighted by Gasteiger charge is -2.28. The first-order valence-electron chi connectivity index (χ1n) is 8.86. The van der Waals surface area contributed by atoms with Gasteiger partial charge >= 0.3 is 0 Å². The average Bonchev–Trinajstić information content (AvgIpc) is 3.21. The smallest absolute Gasteiger partial charge is 0.280 e. The van der Waals surface area contributed by atoms with E-state index in [0.717, 1.165) is 0 Å². The lowest BCUT2D eigenvalue weighted by molar-refractivity contribution is -0.384. The Labute approximate surface area is 185 Å². The van der Waals surface area contributed by atoms with E-state index in [1.165, 1.54) is 29.2 Å². The van der Waals surface area contributed by atoms with Crippen molar-refractivity contribution >= 4 is 58.2 Å². The van der Waals surface area contributed by atoms with Crippen LogP contribution in [0.25, 0.3) is 17.4 Å². The van der Waals surface area contributed by atoms with Crippen LogP contribution in [0.2, 0.25) is 5.02 Å². The number of nitrogens with zero attached hydrogens (tertiary/aromatic N) is 2. The van der Waals surface area contributed by atoms with E-state index in [-0.39, 0.29) is 33.5 Å². The first kappa shape index (κ1) is 20.5. The lowest BCUT2D eigenvalue weighted by Crippen LogP contribution is -2.54. The third-order valence-electron chi connectivity index (χ3n) is 4.47. The minimum Gasteiger partial charge on any atom is -0.456 e. The molecule has 1 fully saturated rings. The molecule has 1 saturated heterocycles. The molecular formula is C21H12ClN3O5S. The zero-order valence-corrected chi connectivity index (χ0v) is 17.1. The minimum atomic E-state index is -0.677. The molecule has 1 N–H and O–H groups in total. The number of nitro benzene ring substituents is 1. The van der Waals surface area contributed by atoms with Crippen LogP contribution in [-0.2, 0) is 9.59 Å². The molecule has 8 nitrogen and oxygen atoms in total. The van der Waals surface area contributed by atoms with Crippen LogP contribution in [0.4, 0.5) is 11.4 Å². The third kappa shape index (κ3) is 3.96. The molecule has 0 aliphatic carbocycles. The normalized spacial score (nSPS) is 15.3. The molecule has 0 unspecified atom stereocenters. The highest BCUT2D eigenvalue weighted by Crippen LogP contribution is 2.32. The highest BCUT2D eigenvalue weighted by Gasteiger charge is 2.34. The standard InChI is InChI=1S/C21H12ClN3O5S/c22-12-5-7-13(8-6-12)24-20(27)16(19(26)23-21(24)31)11-14-9-10-18(30-14)15-3-1-2-4-17(15)25(28)29/h1-11H,(H,23,26,31)/b16-11+. The molecule has 2 heterocycles. The van der Waals surface area contributed by atoms with E-state index in [2.05, 4.69) is 5.32 Å². The molecule has 4 rings (SSSR count). The number of thiocarbonyl (C=S) groups is 1. The van der Waals surface area contributed by atoms with E-state index < -0.39 is 16.7 Å². The number of carbonyl (C=O) groups excluding carboxylic acids is 2. The van der Waals surface area contributed by atoms with Crippen molar-refractivity contribution in [2.24, 2.45) is 0 Å². The maximum absolute atomic E-state index is 13.0. The van der Waals surface area contributed by atoms with Crippen LogP contribution in [0, 0.1) is 10.1 Å². The molecule has 0 spiro atoms. The second-order valence-corrected chi connectivity index (χ2v) is 7.23. The summed E-state index contributed by atoms with van der Waals surface area (Å²) in [6, 6.07) is 15.5. The van der Waals surface area contributed by atoms with Crippen molar-refractivity contribution in [3.05, 3.63) is 87.1 Å². The largest absolute Gasteiger partial charge is 0.456 e. The molecule has 0 atom stereocenters. The van der Waals surface area contributed by atoms with Gasteiger partial charge in [-0.2, -0.15) is 0 Å². The Hall–Kier alpha value is -3.82. The van der Waals surface area contributed by atoms with Crippen molar-refractivity contribution in [2.75, 3.05) is 4.90 Å². The molecular weight excluding hydrogens is 442 g/mol. The first-order valence-corrected chi connectivity index (χ1v) is 9.64. The van der Waals surface area contributed by atoms with Gasteiger partial charge in [0.2, 0.25) is 0 Å². The number of furan rings is 1. The molecule has 1 aliphatic heterocycles. The SMILES string of the molecule is O=C1NC(=S)N(c2ccc(Cl)cc2)C(=O)/C1=C/c1ccc(-c2ccccc2[N+](=O)[O-])o1. The predicted molar refractivity (Wildman–Crippen MR) is 118 cm³/mol. The molecule has 31 heavy (non-hydrogen) atoms. The van der Waals surface area contributed by atoms with Gasteiger partial charge in [0.1, 0.15) is 17.1 Å². The van der Waals surface area contributed by atoms with E-state index in [1.54, 1.807) is 42.5 Å². The predicted octanol–water partition coefficient (Wildman–Crippen LogP) is 4.34. The molecule has 0 radical (unpaired) electrons. The Morgan fingerprint density at radius 2 is 1.77 bits per heavy atom. The number of benzene rings is 2. The van der Waals surface area contributed by atoms with Crippen LogP contribution in [0.3, 0.4) is 0 Å². The molecule has 1 aromatic heterocycles. The Morgan fingerprint density at radius 1 is 1.06 bits per heavy atom. The van der Waals surface area contributed by atoms with Crippen LogP contribution in [-0.4, -0.2) is 21.9 Å². The number of para-hydroxylation sites is 1. The van der Waals surface area contributed by atoms with Gasteiger partial charge in [0.15, 0.2) is 5.11 Å². The van der Waals surface area contributed by atoms with Crippen LogP contribution in [0.15, 0.2) is 70.7 Å². The Morgan fingerprint density at radius 3 is 2.48 bits per heavy atom. The maximum Gasteiger partial charge on any atom is 0.280 e. The zero-order valence-electron chi connectivity index (χ0n) is 15.6. The Bertz CT molecular complexity index is 1270. The van der Waals surface area contributed by atoms with Gasteiger partial charge in [0, 0.05) is 11.1 Å². The van der Waals surface area contributed by atoms with Crippen molar-refractivity contribution in [3.63, 3.8) is 0 Å². The molecule has 10 heteroatoms. The van der Waals surface area contributed by atoms with Crippen LogP contribution >= 0.6 is 23.8 Å². The van der Waals surface area contributed by atoms with Gasteiger partial charge in [0.25, 0.3) is 17.5 Å². The average molecular weight is 454 g/mol. The fourth-order valence-electron chi connectivity index (χ4n) is 3.04. The fraction of sp³-hybridized carbons (Fsp3) is 0. The van der Waals surface area contributed by atoms with E-state index in [1.807, 2.05) is 0 Å². The van der Waals surface area contributed by atoms with Crippen LogP contribution < -0.4 is 10.2 Å². The van der Waals surface area contributed by atoms with Gasteiger partial charge in [-0.1, -0.05) is 23.7 Å². The molecule has 1 aliphatic rings. The number of halogens is 1. The van der Waals surface area contributed by atoms with Crippen molar-refractivity contribution in [2.45, 2.75) is 0 Å². The second-order valence-electron chi connectivity index (χ2n) is 6.41. The second kappa shape index (κ2) is 8.13. The summed E-state index contributed by atoms with van der Waals surface area (Å²) in [6.45, 7) is 0. The zero-order chi connectivity index (χ0) is 22.1. The number of anilines is 1. The lowest BCUT2D eigenvalue weighted by atomic mass is 10.1. The fourth-order valence-corrected chi connectivity index (χ4v) is 3.45. The van der Waals surface area contributed by atoms with Crippen LogP contribution in [0.1, 0.15) is 5.76 Å². The Balaban J connectivity index is 1.69. The Kier molecular flexibility index (Phi) is 5.37. The summed E-state index contributed by atoms with van der Waals surface area (Å²) < 4.78 is 5.66. The van der Waals surface area contributed by atoms with E-state index >= 15 is 0 Å². The first-order chi connectivity index (χ1) is 14.8. The molecule has 0 saturated carbocycles. The third-order valence-corrected chi connectivity index (χ3v) is 5.00. The molecule has 0 bridgehead atoms. The van der Waals surface area contributed by atoms with Gasteiger partial charge in [0.05, 0.1) is 16.2 Å². The van der Waals surface area contributed by atoms with Gasteiger partial charge in [-0.3, -0.25) is 29.9 Å². The summed E-state index contributed by atoms with van der Waals surface area (Å²) in [5.41, 5.74) is 0.389. The highest BCUT2D eigenvalue weighted by atomic mass is 35.5. The molecule has 2 amide bonds. The number of carbonyl (C=O) groups is 2. The number of hydrogen-bond acceptors (Lipinski definition) is 6. The topological polar surface area (TPSA) is 106 Å². The summed E-state index contributed by atoms with van der Waals surface area (Å²) in [5.74, 6) is -0.910. The van der Waals surface area contributed by atoms with E-state index in [0.29, 0.717) is 10.7 Å². The summed E-state index contributed by atoms with van der Waals surface area (Å²) >= 11 is 11.0. The summed E-state index contributed by atoms with van der Waals surface area (Å²) in [6.07, 6.45) is 1.26. The van der Waals surface area contributed by atoms with Crippen LogP contribution in [0.5, 0.6) is 0 Å². The van der Waals surface area contributed by atoms with Gasteiger partial charge in [-0.25, -0.2) is 0 Å².